The van der Waals surface area contributed by atoms with Crippen molar-refractivity contribution in [2.45, 2.75) is 23.7 Å². The van der Waals surface area contributed by atoms with Crippen molar-refractivity contribution in [1.82, 2.24) is 20.5 Å². The molecule has 0 aliphatic rings. The number of hydrogen-bond acceptors (Lipinski definition) is 7. The second-order valence-corrected chi connectivity index (χ2v) is 9.37. The predicted octanol–water partition coefficient (Wildman–Crippen LogP) is 3.98. The fraction of sp³-hybridized carbons (Fsp3) is 0.182. The van der Waals surface area contributed by atoms with Gasteiger partial charge in [0.15, 0.2) is 4.34 Å². The van der Waals surface area contributed by atoms with Gasteiger partial charge in [0.05, 0.1) is 5.75 Å². The van der Waals surface area contributed by atoms with Gasteiger partial charge in [-0.15, -0.1) is 10.2 Å². The van der Waals surface area contributed by atoms with Crippen molar-refractivity contribution in [3.8, 4) is 0 Å². The molecule has 0 aliphatic carbocycles. The maximum Gasteiger partial charge on any atom is 0.326 e. The average Bonchev–Trinajstić information content (AvgIpc) is 3.40. The van der Waals surface area contributed by atoms with Gasteiger partial charge in [-0.2, -0.15) is 0 Å². The van der Waals surface area contributed by atoms with Crippen LogP contribution >= 0.6 is 23.1 Å². The van der Waals surface area contributed by atoms with Crippen molar-refractivity contribution >= 4 is 56.7 Å². The zero-order valence-corrected chi connectivity index (χ0v) is 18.8. The molecule has 4 aromatic rings. The minimum Gasteiger partial charge on any atom is -0.480 e. The number of aryl methyl sites for hydroxylation is 1. The molecule has 4 N–H and O–H groups in total. The first kappa shape index (κ1) is 21.8. The third-order valence-electron chi connectivity index (χ3n) is 4.77. The zero-order chi connectivity index (χ0) is 22.5. The minimum absolute atomic E-state index is 0.0524. The molecule has 2 heterocycles. The maximum atomic E-state index is 12.4. The van der Waals surface area contributed by atoms with Crippen LogP contribution in [0.4, 0.5) is 10.8 Å². The van der Waals surface area contributed by atoms with Crippen LogP contribution in [-0.4, -0.2) is 44.0 Å². The highest BCUT2D eigenvalue weighted by molar-refractivity contribution is 8.01. The van der Waals surface area contributed by atoms with E-state index < -0.39 is 12.0 Å². The summed E-state index contributed by atoms with van der Waals surface area (Å²) in [6, 6.07) is 14.5. The summed E-state index contributed by atoms with van der Waals surface area (Å²) < 4.78 is 0.623. The number of para-hydroxylation sites is 1. The molecule has 0 unspecified atom stereocenters. The molecule has 10 heteroatoms. The average molecular weight is 468 g/mol. The number of carbonyl (C=O) groups is 2. The molecule has 2 aromatic carbocycles. The van der Waals surface area contributed by atoms with Gasteiger partial charge in [0.1, 0.15) is 6.04 Å². The van der Waals surface area contributed by atoms with Gasteiger partial charge in [0.25, 0.3) is 0 Å². The standard InChI is InChI=1S/C22H21N5O3S2/c1-13-6-8-15(9-7-13)24-21-26-27-22(32-21)31-12-19(28)25-18(20(29)30)10-14-11-23-17-5-3-2-4-16(14)17/h2-9,11,18,23H,10,12H2,1H3,(H,24,26)(H,25,28)(H,29,30)/t18-/m0/s1. The van der Waals surface area contributed by atoms with Crippen LogP contribution in [0.1, 0.15) is 11.1 Å². The van der Waals surface area contributed by atoms with Crippen LogP contribution in [-0.2, 0) is 16.0 Å². The van der Waals surface area contributed by atoms with E-state index in [0.717, 1.165) is 22.2 Å². The highest BCUT2D eigenvalue weighted by Gasteiger charge is 2.22. The molecule has 0 saturated carbocycles. The van der Waals surface area contributed by atoms with Crippen LogP contribution in [0.15, 0.2) is 59.1 Å². The molecule has 2 aromatic heterocycles. The topological polar surface area (TPSA) is 120 Å². The van der Waals surface area contributed by atoms with Crippen LogP contribution < -0.4 is 10.6 Å². The molecule has 1 atom stereocenters. The number of H-pyrrole nitrogens is 1. The van der Waals surface area contributed by atoms with Crippen molar-refractivity contribution < 1.29 is 14.7 Å². The first-order valence-corrected chi connectivity index (χ1v) is 11.7. The lowest BCUT2D eigenvalue weighted by atomic mass is 10.1. The van der Waals surface area contributed by atoms with Crippen molar-refractivity contribution in [2.75, 3.05) is 11.1 Å². The number of nitrogens with one attached hydrogen (secondary N) is 3. The Hall–Kier alpha value is -3.37. The van der Waals surface area contributed by atoms with Crippen molar-refractivity contribution in [3.63, 3.8) is 0 Å². The van der Waals surface area contributed by atoms with Gasteiger partial charge in [0.2, 0.25) is 11.0 Å². The summed E-state index contributed by atoms with van der Waals surface area (Å²) in [6.45, 7) is 2.02. The van der Waals surface area contributed by atoms with E-state index in [4.69, 9.17) is 0 Å². The summed E-state index contributed by atoms with van der Waals surface area (Å²) in [6.07, 6.45) is 1.98. The largest absolute Gasteiger partial charge is 0.480 e. The van der Waals surface area contributed by atoms with E-state index in [1.807, 2.05) is 55.5 Å². The molecule has 1 amide bonds. The van der Waals surface area contributed by atoms with Gasteiger partial charge in [-0.1, -0.05) is 59.0 Å². The molecule has 0 radical (unpaired) electrons. The van der Waals surface area contributed by atoms with Gasteiger partial charge in [-0.25, -0.2) is 4.79 Å². The molecule has 0 bridgehead atoms. The Morgan fingerprint density at radius 1 is 1.16 bits per heavy atom. The normalized spacial score (nSPS) is 11.9. The Kier molecular flexibility index (Phi) is 6.72. The van der Waals surface area contributed by atoms with E-state index in [-0.39, 0.29) is 18.1 Å². The Morgan fingerprint density at radius 2 is 1.94 bits per heavy atom. The summed E-state index contributed by atoms with van der Waals surface area (Å²) in [5.74, 6) is -1.39. The molecule has 0 spiro atoms. The van der Waals surface area contributed by atoms with Crippen LogP contribution in [0.3, 0.4) is 0 Å². The number of carboxylic acid groups (broad SMARTS) is 1. The molecule has 0 fully saturated rings. The minimum atomic E-state index is -1.07. The van der Waals surface area contributed by atoms with Gasteiger partial charge >= 0.3 is 5.97 Å². The molecule has 0 aliphatic heterocycles. The van der Waals surface area contributed by atoms with E-state index in [1.54, 1.807) is 6.20 Å². The van der Waals surface area contributed by atoms with Gasteiger partial charge in [-0.05, 0) is 30.7 Å². The van der Waals surface area contributed by atoms with Gasteiger partial charge in [0, 0.05) is 29.2 Å². The number of rotatable bonds is 9. The molecule has 4 rings (SSSR count). The lowest BCUT2D eigenvalue weighted by molar-refractivity contribution is -0.141. The maximum absolute atomic E-state index is 12.4. The van der Waals surface area contributed by atoms with Crippen LogP contribution in [0.2, 0.25) is 0 Å². The molecule has 164 valence electrons. The lowest BCUT2D eigenvalue weighted by Gasteiger charge is -2.13. The molecule has 0 saturated heterocycles. The van der Waals surface area contributed by atoms with Gasteiger partial charge < -0.3 is 20.7 Å². The Bertz CT molecular complexity index is 1240. The molecule has 32 heavy (non-hydrogen) atoms. The summed E-state index contributed by atoms with van der Waals surface area (Å²) >= 11 is 2.55. The van der Waals surface area contributed by atoms with Gasteiger partial charge in [-0.3, -0.25) is 4.79 Å². The third kappa shape index (κ3) is 5.45. The number of amides is 1. The second kappa shape index (κ2) is 9.84. The SMILES string of the molecule is Cc1ccc(Nc2nnc(SCC(=O)N[C@@H](Cc3c[nH]c4ccccc34)C(=O)O)s2)cc1. The number of thioether (sulfide) groups is 1. The highest BCUT2D eigenvalue weighted by atomic mass is 32.2. The van der Waals surface area contributed by atoms with Crippen LogP contribution in [0.5, 0.6) is 0 Å². The number of benzene rings is 2. The van der Waals surface area contributed by atoms with Crippen molar-refractivity contribution in [3.05, 3.63) is 65.9 Å². The van der Waals surface area contributed by atoms with Crippen molar-refractivity contribution in [2.24, 2.45) is 0 Å². The number of hydrogen-bond donors (Lipinski definition) is 4. The zero-order valence-electron chi connectivity index (χ0n) is 17.2. The van der Waals surface area contributed by atoms with E-state index in [1.165, 1.54) is 28.7 Å². The summed E-state index contributed by atoms with van der Waals surface area (Å²) in [7, 11) is 0. The van der Waals surface area contributed by atoms with Crippen LogP contribution in [0, 0.1) is 6.92 Å². The quantitative estimate of drug-likeness (QED) is 0.275. The number of aromatic nitrogens is 3. The molecule has 8 nitrogen and oxygen atoms in total. The monoisotopic (exact) mass is 467 g/mol. The van der Waals surface area contributed by atoms with E-state index >= 15 is 0 Å². The summed E-state index contributed by atoms with van der Waals surface area (Å²) in [5.41, 5.74) is 3.85. The first-order valence-electron chi connectivity index (χ1n) is 9.85. The first-order chi connectivity index (χ1) is 15.5. The summed E-state index contributed by atoms with van der Waals surface area (Å²) in [5, 5.41) is 25.1. The summed E-state index contributed by atoms with van der Waals surface area (Å²) in [4.78, 5) is 27.2. The number of aromatic amines is 1. The smallest absolute Gasteiger partial charge is 0.326 e. The third-order valence-corrected chi connectivity index (χ3v) is 6.74. The Morgan fingerprint density at radius 3 is 2.72 bits per heavy atom. The molecular formula is C22H21N5O3S2. The Labute approximate surface area is 192 Å². The fourth-order valence-electron chi connectivity index (χ4n) is 3.16. The van der Waals surface area contributed by atoms with Crippen LogP contribution in [0.25, 0.3) is 10.9 Å². The number of aliphatic carboxylic acids is 1. The number of nitrogens with zero attached hydrogens (tertiary/aromatic N) is 2. The lowest BCUT2D eigenvalue weighted by Crippen LogP contribution is -2.43. The highest BCUT2D eigenvalue weighted by Crippen LogP contribution is 2.27. The Balaban J connectivity index is 1.31. The number of anilines is 2. The number of carboxylic acids is 1. The van der Waals surface area contributed by atoms with E-state index in [0.29, 0.717) is 9.47 Å². The van der Waals surface area contributed by atoms with E-state index in [9.17, 15) is 14.7 Å². The number of carbonyl (C=O) groups excluding carboxylic acids is 1. The second-order valence-electron chi connectivity index (χ2n) is 7.17. The number of fused-ring (bicyclic) bond motifs is 1. The van der Waals surface area contributed by atoms with E-state index in [2.05, 4.69) is 25.8 Å². The fourth-order valence-corrected chi connectivity index (χ4v) is 4.75. The van der Waals surface area contributed by atoms with Crippen molar-refractivity contribution in [1.29, 1.82) is 0 Å². The predicted molar refractivity (Wildman–Crippen MR) is 127 cm³/mol. The molecular weight excluding hydrogens is 446 g/mol.